The molecule has 0 radical (unpaired) electrons. The molecule has 0 spiro atoms. The number of carboxylic acids is 1. The van der Waals surface area contributed by atoms with Crippen LogP contribution in [0, 0.1) is 13.8 Å². The molecule has 1 N–H and O–H groups in total. The van der Waals surface area contributed by atoms with Crippen LogP contribution in [0.4, 0.5) is 0 Å². The highest BCUT2D eigenvalue weighted by molar-refractivity contribution is 7.90. The molecule has 0 fully saturated rings. The summed E-state index contributed by atoms with van der Waals surface area (Å²) in [6.45, 7) is 3.30. The third-order valence-corrected chi connectivity index (χ3v) is 4.44. The van der Waals surface area contributed by atoms with Crippen LogP contribution in [0.3, 0.4) is 0 Å². The van der Waals surface area contributed by atoms with E-state index < -0.39 is 15.8 Å². The number of aromatic nitrogens is 1. The van der Waals surface area contributed by atoms with E-state index in [4.69, 9.17) is 9.63 Å². The number of hydrogen-bond acceptors (Lipinski definition) is 5. The van der Waals surface area contributed by atoms with Gasteiger partial charge in [0.1, 0.15) is 5.75 Å². The van der Waals surface area contributed by atoms with Gasteiger partial charge >= 0.3 is 5.97 Å². The number of rotatable bonds is 4. The van der Waals surface area contributed by atoms with Crippen molar-refractivity contribution >= 4 is 15.8 Å². The van der Waals surface area contributed by atoms with Crippen LogP contribution >= 0.6 is 0 Å². The maximum absolute atomic E-state index is 12.2. The van der Waals surface area contributed by atoms with E-state index in [1.54, 1.807) is 13.8 Å². The Balaban J connectivity index is 2.39. The van der Waals surface area contributed by atoms with E-state index in [0.29, 0.717) is 11.3 Å². The van der Waals surface area contributed by atoms with Crippen molar-refractivity contribution in [2.75, 3.05) is 0 Å². The monoisotopic (exact) mass is 295 g/mol. The molecule has 2 rings (SSSR count). The summed E-state index contributed by atoms with van der Waals surface area (Å²) in [4.78, 5) is 11.0. The SMILES string of the molecule is Cc1cc(CS(=O)(=O)c2ccc(C)c(C(=O)O)c2)on1. The summed E-state index contributed by atoms with van der Waals surface area (Å²) < 4.78 is 29.3. The lowest BCUT2D eigenvalue weighted by molar-refractivity contribution is 0.0696. The molecule has 0 aliphatic heterocycles. The highest BCUT2D eigenvalue weighted by Crippen LogP contribution is 2.20. The highest BCUT2D eigenvalue weighted by Gasteiger charge is 2.20. The van der Waals surface area contributed by atoms with Crippen molar-refractivity contribution in [1.29, 1.82) is 0 Å². The van der Waals surface area contributed by atoms with Gasteiger partial charge in [0, 0.05) is 6.07 Å². The molecule has 6 nitrogen and oxygen atoms in total. The zero-order valence-corrected chi connectivity index (χ0v) is 11.8. The fourth-order valence-electron chi connectivity index (χ4n) is 1.78. The summed E-state index contributed by atoms with van der Waals surface area (Å²) in [5.41, 5.74) is 1.07. The van der Waals surface area contributed by atoms with Gasteiger partial charge in [-0.2, -0.15) is 0 Å². The Morgan fingerprint density at radius 1 is 1.30 bits per heavy atom. The number of aryl methyl sites for hydroxylation is 2. The van der Waals surface area contributed by atoms with Crippen LogP contribution < -0.4 is 0 Å². The minimum absolute atomic E-state index is 0.0279. The summed E-state index contributed by atoms with van der Waals surface area (Å²) in [6.07, 6.45) is 0. The number of carboxylic acid groups (broad SMARTS) is 1. The van der Waals surface area contributed by atoms with Gasteiger partial charge in [0.05, 0.1) is 16.2 Å². The van der Waals surface area contributed by atoms with Crippen LogP contribution in [0.25, 0.3) is 0 Å². The minimum atomic E-state index is -3.67. The zero-order valence-electron chi connectivity index (χ0n) is 11.0. The molecule has 2 aromatic rings. The molecule has 0 saturated carbocycles. The maximum Gasteiger partial charge on any atom is 0.335 e. The zero-order chi connectivity index (χ0) is 14.9. The Hall–Kier alpha value is -2.15. The molecule has 0 amide bonds. The van der Waals surface area contributed by atoms with Gasteiger partial charge in [0.2, 0.25) is 0 Å². The fourth-order valence-corrected chi connectivity index (χ4v) is 3.03. The first-order chi connectivity index (χ1) is 9.29. The van der Waals surface area contributed by atoms with Gasteiger partial charge in [-0.05, 0) is 31.5 Å². The third-order valence-electron chi connectivity index (χ3n) is 2.81. The van der Waals surface area contributed by atoms with Crippen molar-refractivity contribution in [2.24, 2.45) is 0 Å². The van der Waals surface area contributed by atoms with Gasteiger partial charge in [0.25, 0.3) is 0 Å². The topological polar surface area (TPSA) is 97.5 Å². The van der Waals surface area contributed by atoms with Gasteiger partial charge in [-0.15, -0.1) is 0 Å². The molecule has 0 unspecified atom stereocenters. The number of benzene rings is 1. The average molecular weight is 295 g/mol. The van der Waals surface area contributed by atoms with Gasteiger partial charge in [-0.1, -0.05) is 11.2 Å². The lowest BCUT2D eigenvalue weighted by Gasteiger charge is -2.05. The van der Waals surface area contributed by atoms with Crippen molar-refractivity contribution in [2.45, 2.75) is 24.5 Å². The normalized spacial score (nSPS) is 11.5. The first kappa shape index (κ1) is 14.3. The largest absolute Gasteiger partial charge is 0.478 e. The van der Waals surface area contributed by atoms with Crippen molar-refractivity contribution in [3.63, 3.8) is 0 Å². The second-order valence-corrected chi connectivity index (χ2v) is 6.47. The lowest BCUT2D eigenvalue weighted by Crippen LogP contribution is -2.07. The van der Waals surface area contributed by atoms with Crippen LogP contribution in [0.15, 0.2) is 33.7 Å². The average Bonchev–Trinajstić information content (AvgIpc) is 2.73. The highest BCUT2D eigenvalue weighted by atomic mass is 32.2. The lowest BCUT2D eigenvalue weighted by atomic mass is 10.1. The van der Waals surface area contributed by atoms with Gasteiger partial charge in [-0.3, -0.25) is 0 Å². The molecule has 0 aliphatic carbocycles. The Morgan fingerprint density at radius 2 is 2.00 bits per heavy atom. The van der Waals surface area contributed by atoms with Crippen molar-refractivity contribution in [1.82, 2.24) is 5.16 Å². The summed E-state index contributed by atoms with van der Waals surface area (Å²) in [6, 6.07) is 5.56. The Labute approximate surface area is 115 Å². The smallest absolute Gasteiger partial charge is 0.335 e. The number of carbonyl (C=O) groups is 1. The predicted octanol–water partition coefficient (Wildman–Crippen LogP) is 1.96. The van der Waals surface area contributed by atoms with Gasteiger partial charge in [-0.25, -0.2) is 13.2 Å². The van der Waals surface area contributed by atoms with E-state index in [0.717, 1.165) is 6.07 Å². The number of nitrogens with zero attached hydrogens (tertiary/aromatic N) is 1. The van der Waals surface area contributed by atoms with Gasteiger partial charge < -0.3 is 9.63 Å². The van der Waals surface area contributed by atoms with E-state index in [1.807, 2.05) is 0 Å². The quantitative estimate of drug-likeness (QED) is 0.926. The van der Waals surface area contributed by atoms with E-state index in [-0.39, 0.29) is 22.0 Å². The molecule has 20 heavy (non-hydrogen) atoms. The maximum atomic E-state index is 12.2. The van der Waals surface area contributed by atoms with Crippen LogP contribution in [0.5, 0.6) is 0 Å². The molecule has 7 heteroatoms. The molecule has 0 bridgehead atoms. The van der Waals surface area contributed by atoms with Crippen LogP contribution in [0.1, 0.15) is 27.4 Å². The standard InChI is InChI=1S/C13H13NO5S/c1-8-3-4-11(6-12(8)13(15)16)20(17,18)7-10-5-9(2)14-19-10/h3-6H,7H2,1-2H3,(H,15,16). The minimum Gasteiger partial charge on any atom is -0.478 e. The second kappa shape index (κ2) is 5.09. The van der Waals surface area contributed by atoms with Crippen molar-refractivity contribution in [3.8, 4) is 0 Å². The number of hydrogen-bond donors (Lipinski definition) is 1. The Morgan fingerprint density at radius 3 is 2.55 bits per heavy atom. The van der Waals surface area contributed by atoms with Crippen molar-refractivity contribution < 1.29 is 22.8 Å². The van der Waals surface area contributed by atoms with Crippen LogP contribution in [-0.4, -0.2) is 24.7 Å². The molecule has 0 atom stereocenters. The number of sulfone groups is 1. The van der Waals surface area contributed by atoms with Crippen LogP contribution in [-0.2, 0) is 15.6 Å². The van der Waals surface area contributed by atoms with Crippen LogP contribution in [0.2, 0.25) is 0 Å². The number of aromatic carboxylic acids is 1. The summed E-state index contributed by atoms with van der Waals surface area (Å²) in [5.74, 6) is -1.29. The third kappa shape index (κ3) is 2.88. The van der Waals surface area contributed by atoms with E-state index >= 15 is 0 Å². The summed E-state index contributed by atoms with van der Waals surface area (Å²) in [7, 11) is -3.67. The molecule has 1 heterocycles. The van der Waals surface area contributed by atoms with E-state index in [2.05, 4.69) is 5.16 Å². The van der Waals surface area contributed by atoms with E-state index in [1.165, 1.54) is 18.2 Å². The summed E-state index contributed by atoms with van der Waals surface area (Å²) in [5, 5.41) is 12.6. The molecule has 0 aliphatic rings. The second-order valence-electron chi connectivity index (χ2n) is 4.48. The van der Waals surface area contributed by atoms with E-state index in [9.17, 15) is 13.2 Å². The molecular weight excluding hydrogens is 282 g/mol. The Bertz CT molecular complexity index is 761. The van der Waals surface area contributed by atoms with Gasteiger partial charge in [0.15, 0.2) is 15.6 Å². The van der Waals surface area contributed by atoms with Crippen molar-refractivity contribution in [3.05, 3.63) is 46.8 Å². The summed E-state index contributed by atoms with van der Waals surface area (Å²) >= 11 is 0. The first-order valence-corrected chi connectivity index (χ1v) is 7.44. The molecule has 0 saturated heterocycles. The first-order valence-electron chi connectivity index (χ1n) is 5.78. The fraction of sp³-hybridized carbons (Fsp3) is 0.231. The predicted molar refractivity (Wildman–Crippen MR) is 70.3 cm³/mol. The molecule has 106 valence electrons. The molecular formula is C13H13NO5S. The Kier molecular flexibility index (Phi) is 3.63. The molecule has 1 aromatic heterocycles. The molecule has 1 aromatic carbocycles.